The van der Waals surface area contributed by atoms with Gasteiger partial charge in [0.1, 0.15) is 0 Å². The maximum atomic E-state index is 12.3. The molecule has 0 heterocycles. The van der Waals surface area contributed by atoms with Gasteiger partial charge in [0, 0.05) is 15.6 Å². The Labute approximate surface area is 128 Å². The normalized spacial score (nSPS) is 11.9. The summed E-state index contributed by atoms with van der Waals surface area (Å²) in [7, 11) is 0. The van der Waals surface area contributed by atoms with Crippen molar-refractivity contribution in [1.29, 1.82) is 0 Å². The van der Waals surface area contributed by atoms with Gasteiger partial charge in [-0.25, -0.2) is 0 Å². The third kappa shape index (κ3) is 3.75. The van der Waals surface area contributed by atoms with Crippen LogP contribution in [0.1, 0.15) is 35.3 Å². The highest BCUT2D eigenvalue weighted by Gasteiger charge is 2.14. The van der Waals surface area contributed by atoms with Crippen molar-refractivity contribution >= 4 is 29.1 Å². The molecule has 0 aliphatic heterocycles. The van der Waals surface area contributed by atoms with Crippen LogP contribution in [0.25, 0.3) is 0 Å². The smallest absolute Gasteiger partial charge is 0.251 e. The van der Waals surface area contributed by atoms with Crippen molar-refractivity contribution in [1.82, 2.24) is 5.32 Å². The summed E-state index contributed by atoms with van der Waals surface area (Å²) in [6.45, 7) is 2.03. The van der Waals surface area contributed by atoms with Gasteiger partial charge in [-0.3, -0.25) is 4.79 Å². The van der Waals surface area contributed by atoms with Gasteiger partial charge in [0.05, 0.1) is 6.04 Å². The second-order valence-electron chi connectivity index (χ2n) is 4.50. The molecular formula is C16H15Cl2NO. The first-order chi connectivity index (χ1) is 9.60. The monoisotopic (exact) mass is 307 g/mol. The van der Waals surface area contributed by atoms with Crippen molar-refractivity contribution in [2.75, 3.05) is 0 Å². The molecule has 1 atom stereocenters. The van der Waals surface area contributed by atoms with Crippen molar-refractivity contribution in [3.63, 3.8) is 0 Å². The van der Waals surface area contributed by atoms with E-state index in [0.29, 0.717) is 15.6 Å². The van der Waals surface area contributed by atoms with Crippen LogP contribution in [0.15, 0.2) is 48.5 Å². The fourth-order valence-corrected chi connectivity index (χ4v) is 2.56. The van der Waals surface area contributed by atoms with Crippen LogP contribution >= 0.6 is 23.2 Å². The Morgan fingerprint density at radius 2 is 1.70 bits per heavy atom. The average molecular weight is 308 g/mol. The first-order valence-electron chi connectivity index (χ1n) is 6.42. The Bertz CT molecular complexity index is 578. The van der Waals surface area contributed by atoms with Crippen LogP contribution in [0.5, 0.6) is 0 Å². The molecule has 0 aliphatic rings. The van der Waals surface area contributed by atoms with Crippen molar-refractivity contribution in [2.45, 2.75) is 19.4 Å². The predicted octanol–water partition coefficient (Wildman–Crippen LogP) is 4.87. The van der Waals surface area contributed by atoms with E-state index in [9.17, 15) is 4.79 Å². The van der Waals surface area contributed by atoms with Crippen molar-refractivity contribution in [3.8, 4) is 0 Å². The summed E-state index contributed by atoms with van der Waals surface area (Å²) in [4.78, 5) is 12.3. The van der Waals surface area contributed by atoms with Gasteiger partial charge in [-0.1, -0.05) is 60.5 Å². The average Bonchev–Trinajstić information content (AvgIpc) is 2.44. The van der Waals surface area contributed by atoms with E-state index in [-0.39, 0.29) is 11.9 Å². The summed E-state index contributed by atoms with van der Waals surface area (Å²) in [6.07, 6.45) is 0.810. The molecule has 0 unspecified atom stereocenters. The number of amides is 1. The third-order valence-electron chi connectivity index (χ3n) is 3.04. The summed E-state index contributed by atoms with van der Waals surface area (Å²) >= 11 is 11.8. The Kier molecular flexibility index (Phi) is 5.05. The van der Waals surface area contributed by atoms with Gasteiger partial charge < -0.3 is 5.32 Å². The molecule has 0 saturated heterocycles. The Balaban J connectivity index is 2.17. The zero-order valence-corrected chi connectivity index (χ0v) is 12.6. The highest BCUT2D eigenvalue weighted by atomic mass is 35.5. The van der Waals surface area contributed by atoms with E-state index in [0.717, 1.165) is 12.0 Å². The van der Waals surface area contributed by atoms with Gasteiger partial charge in [0.2, 0.25) is 0 Å². The molecule has 2 nitrogen and oxygen atoms in total. The Morgan fingerprint density at radius 1 is 1.10 bits per heavy atom. The molecule has 0 aromatic heterocycles. The lowest BCUT2D eigenvalue weighted by atomic mass is 10.0. The third-order valence-corrected chi connectivity index (χ3v) is 3.48. The molecular weight excluding hydrogens is 293 g/mol. The fraction of sp³-hybridized carbons (Fsp3) is 0.188. The van der Waals surface area contributed by atoms with Crippen LogP contribution in [-0.2, 0) is 0 Å². The van der Waals surface area contributed by atoms with Crippen molar-refractivity contribution in [3.05, 3.63) is 69.7 Å². The number of hydrogen-bond acceptors (Lipinski definition) is 1. The molecule has 1 amide bonds. The molecule has 2 rings (SSSR count). The number of carbonyl (C=O) groups excluding carboxylic acids is 1. The molecule has 104 valence electrons. The van der Waals surface area contributed by atoms with Crippen LogP contribution in [0.2, 0.25) is 10.0 Å². The molecule has 20 heavy (non-hydrogen) atoms. The lowest BCUT2D eigenvalue weighted by Crippen LogP contribution is -2.28. The molecule has 0 aliphatic carbocycles. The zero-order chi connectivity index (χ0) is 14.5. The van der Waals surface area contributed by atoms with Gasteiger partial charge >= 0.3 is 0 Å². The van der Waals surface area contributed by atoms with E-state index >= 15 is 0 Å². The topological polar surface area (TPSA) is 29.1 Å². The molecule has 2 aromatic rings. The first kappa shape index (κ1) is 14.9. The van der Waals surface area contributed by atoms with Crippen LogP contribution in [0.4, 0.5) is 0 Å². The molecule has 0 radical (unpaired) electrons. The van der Waals surface area contributed by atoms with Crippen LogP contribution in [0, 0.1) is 0 Å². The van der Waals surface area contributed by atoms with E-state index in [1.807, 2.05) is 37.3 Å². The van der Waals surface area contributed by atoms with Gasteiger partial charge in [0.25, 0.3) is 5.91 Å². The summed E-state index contributed by atoms with van der Waals surface area (Å²) in [5, 5.41) is 3.91. The van der Waals surface area contributed by atoms with E-state index < -0.39 is 0 Å². The summed E-state index contributed by atoms with van der Waals surface area (Å²) in [6, 6.07) is 14.7. The molecule has 0 bridgehead atoms. The summed E-state index contributed by atoms with van der Waals surface area (Å²) in [5.41, 5.74) is 1.55. The second-order valence-corrected chi connectivity index (χ2v) is 5.38. The number of rotatable bonds is 4. The number of hydrogen-bond donors (Lipinski definition) is 1. The maximum absolute atomic E-state index is 12.3. The zero-order valence-electron chi connectivity index (χ0n) is 11.1. The predicted molar refractivity (Wildman–Crippen MR) is 83.4 cm³/mol. The Hall–Kier alpha value is -1.51. The van der Waals surface area contributed by atoms with Crippen LogP contribution in [-0.4, -0.2) is 5.91 Å². The van der Waals surface area contributed by atoms with E-state index in [4.69, 9.17) is 23.2 Å². The largest absolute Gasteiger partial charge is 0.345 e. The molecule has 4 heteroatoms. The number of halogens is 2. The summed E-state index contributed by atoms with van der Waals surface area (Å²) in [5.74, 6) is -0.176. The Morgan fingerprint density at radius 3 is 2.25 bits per heavy atom. The highest BCUT2D eigenvalue weighted by molar-refractivity contribution is 6.35. The standard InChI is InChI=1S/C16H15Cl2NO/c1-2-15(11-6-4-3-5-7-11)19-16(20)12-8-13(17)10-14(18)9-12/h3-10,15H,2H2,1H3,(H,19,20)/t15-/m1/s1. The van der Waals surface area contributed by atoms with Crippen molar-refractivity contribution in [2.24, 2.45) is 0 Å². The van der Waals surface area contributed by atoms with Gasteiger partial charge in [-0.05, 0) is 30.2 Å². The summed E-state index contributed by atoms with van der Waals surface area (Å²) < 4.78 is 0. The maximum Gasteiger partial charge on any atom is 0.251 e. The molecule has 0 spiro atoms. The SMILES string of the molecule is CC[C@@H](NC(=O)c1cc(Cl)cc(Cl)c1)c1ccccc1. The lowest BCUT2D eigenvalue weighted by Gasteiger charge is -2.17. The minimum atomic E-state index is -0.176. The lowest BCUT2D eigenvalue weighted by molar-refractivity contribution is 0.0935. The van der Waals surface area contributed by atoms with Crippen LogP contribution < -0.4 is 5.32 Å². The van der Waals surface area contributed by atoms with Gasteiger partial charge in [-0.2, -0.15) is 0 Å². The number of nitrogens with one attached hydrogen (secondary N) is 1. The minimum absolute atomic E-state index is 0.0264. The second kappa shape index (κ2) is 6.78. The molecule has 1 N–H and O–H groups in total. The van der Waals surface area contributed by atoms with Gasteiger partial charge in [-0.15, -0.1) is 0 Å². The van der Waals surface area contributed by atoms with Crippen LogP contribution in [0.3, 0.4) is 0 Å². The number of carbonyl (C=O) groups is 1. The van der Waals surface area contributed by atoms with E-state index in [2.05, 4.69) is 5.32 Å². The van der Waals surface area contributed by atoms with E-state index in [1.165, 1.54) is 0 Å². The quantitative estimate of drug-likeness (QED) is 0.857. The minimum Gasteiger partial charge on any atom is -0.345 e. The molecule has 2 aromatic carbocycles. The fourth-order valence-electron chi connectivity index (χ4n) is 2.03. The number of benzene rings is 2. The van der Waals surface area contributed by atoms with E-state index in [1.54, 1.807) is 18.2 Å². The molecule has 0 fully saturated rings. The van der Waals surface area contributed by atoms with Crippen molar-refractivity contribution < 1.29 is 4.79 Å². The highest BCUT2D eigenvalue weighted by Crippen LogP contribution is 2.21. The molecule has 0 saturated carbocycles. The van der Waals surface area contributed by atoms with Gasteiger partial charge in [0.15, 0.2) is 0 Å². The first-order valence-corrected chi connectivity index (χ1v) is 7.17.